The highest BCUT2D eigenvalue weighted by molar-refractivity contribution is 7.14. The number of rotatable bonds is 9. The largest absolute Gasteiger partial charge is 0.480 e. The molecule has 8 nitrogen and oxygen atoms in total. The molecule has 44 heavy (non-hydrogen) atoms. The number of carbonyl (C=O) groups excluding carboxylic acids is 2. The number of aliphatic carboxylic acids is 1. The standard InChI is InChI=1S/C35H44N4O4S/c1-21(32(42)43)38-30(40)26(39-31(41)27-13-14-28(44-27)33(2,3)4)15-22-9-11-23(12-10-22)29-36-18-25(19-37-29)24-16-34(5,6)20-35(7,8)17-24/h9-14,16,18-19,21,26H,15,17,20H2,1-8H3,(H,38,40)(H,39,41)(H,42,43)/t21-,26?/m1/s1. The number of hydrogen-bond donors (Lipinski definition) is 3. The van der Waals surface area contributed by atoms with E-state index in [1.165, 1.54) is 23.8 Å². The Morgan fingerprint density at radius 2 is 1.59 bits per heavy atom. The summed E-state index contributed by atoms with van der Waals surface area (Å²) in [5.74, 6) is -1.50. The van der Waals surface area contributed by atoms with Gasteiger partial charge in [-0.05, 0) is 59.3 Å². The van der Waals surface area contributed by atoms with Crippen LogP contribution in [0, 0.1) is 10.8 Å². The van der Waals surface area contributed by atoms with Gasteiger partial charge in [0.1, 0.15) is 12.1 Å². The first-order valence-corrected chi connectivity index (χ1v) is 15.8. The first-order valence-electron chi connectivity index (χ1n) is 15.0. The van der Waals surface area contributed by atoms with Gasteiger partial charge < -0.3 is 15.7 Å². The molecule has 3 aromatic rings. The zero-order valence-electron chi connectivity index (χ0n) is 26.9. The van der Waals surface area contributed by atoms with E-state index < -0.39 is 24.0 Å². The summed E-state index contributed by atoms with van der Waals surface area (Å²) in [6.07, 6.45) is 8.40. The number of thiophene rings is 1. The average Bonchev–Trinajstić information content (AvgIpc) is 3.43. The lowest BCUT2D eigenvalue weighted by atomic mass is 9.66. The van der Waals surface area contributed by atoms with Gasteiger partial charge >= 0.3 is 5.97 Å². The molecule has 0 saturated heterocycles. The number of hydrogen-bond acceptors (Lipinski definition) is 6. The highest BCUT2D eigenvalue weighted by Crippen LogP contribution is 2.47. The van der Waals surface area contributed by atoms with E-state index in [-0.39, 0.29) is 28.6 Å². The van der Waals surface area contributed by atoms with Crippen molar-refractivity contribution in [3.05, 3.63) is 75.7 Å². The highest BCUT2D eigenvalue weighted by Gasteiger charge is 2.33. The van der Waals surface area contributed by atoms with Crippen molar-refractivity contribution in [2.45, 2.75) is 92.2 Å². The van der Waals surface area contributed by atoms with E-state index in [9.17, 15) is 19.5 Å². The van der Waals surface area contributed by atoms with Crippen molar-refractivity contribution in [2.75, 3.05) is 0 Å². The number of carboxylic acid groups (broad SMARTS) is 1. The molecule has 1 aliphatic carbocycles. The van der Waals surface area contributed by atoms with Crippen molar-refractivity contribution in [3.63, 3.8) is 0 Å². The van der Waals surface area contributed by atoms with Gasteiger partial charge in [-0.25, -0.2) is 9.97 Å². The molecule has 2 atom stereocenters. The highest BCUT2D eigenvalue weighted by atomic mass is 32.1. The Hall–Kier alpha value is -3.85. The quantitative estimate of drug-likeness (QED) is 0.247. The van der Waals surface area contributed by atoms with Crippen molar-refractivity contribution in [2.24, 2.45) is 10.8 Å². The Labute approximate surface area is 264 Å². The van der Waals surface area contributed by atoms with Gasteiger partial charge in [0.15, 0.2) is 5.82 Å². The van der Waals surface area contributed by atoms with E-state index in [0.29, 0.717) is 10.7 Å². The molecule has 234 valence electrons. The normalized spacial score (nSPS) is 17.2. The smallest absolute Gasteiger partial charge is 0.325 e. The Kier molecular flexibility index (Phi) is 9.49. The van der Waals surface area contributed by atoms with Gasteiger partial charge in [-0.2, -0.15) is 0 Å². The van der Waals surface area contributed by atoms with Gasteiger partial charge in [0.2, 0.25) is 5.91 Å². The monoisotopic (exact) mass is 616 g/mol. The maximum absolute atomic E-state index is 13.1. The van der Waals surface area contributed by atoms with Gasteiger partial charge in [-0.15, -0.1) is 11.3 Å². The number of allylic oxidation sites excluding steroid dienone is 2. The lowest BCUT2D eigenvalue weighted by Crippen LogP contribution is -2.51. The molecule has 2 amide bonds. The minimum absolute atomic E-state index is 0.107. The number of carboxylic acids is 1. The van der Waals surface area contributed by atoms with E-state index in [2.05, 4.69) is 75.1 Å². The van der Waals surface area contributed by atoms with Crippen LogP contribution in [-0.4, -0.2) is 44.9 Å². The number of aromatic nitrogens is 2. The van der Waals surface area contributed by atoms with Crippen LogP contribution in [0.4, 0.5) is 0 Å². The molecular formula is C35H44N4O4S. The first kappa shape index (κ1) is 33.1. The van der Waals surface area contributed by atoms with Crippen LogP contribution in [0.15, 0.2) is 54.9 Å². The molecule has 0 saturated carbocycles. The zero-order chi connectivity index (χ0) is 32.4. The fourth-order valence-corrected chi connectivity index (χ4v) is 6.88. The fourth-order valence-electron chi connectivity index (χ4n) is 5.92. The average molecular weight is 617 g/mol. The molecule has 0 spiro atoms. The number of amides is 2. The van der Waals surface area contributed by atoms with E-state index in [1.54, 1.807) is 6.07 Å². The Morgan fingerprint density at radius 3 is 2.14 bits per heavy atom. The van der Waals surface area contributed by atoms with Crippen molar-refractivity contribution in [1.29, 1.82) is 0 Å². The molecule has 2 heterocycles. The van der Waals surface area contributed by atoms with Crippen LogP contribution in [0.2, 0.25) is 0 Å². The second kappa shape index (κ2) is 12.6. The van der Waals surface area contributed by atoms with Gasteiger partial charge in [-0.3, -0.25) is 14.4 Å². The summed E-state index contributed by atoms with van der Waals surface area (Å²) in [4.78, 5) is 48.5. The molecular weight excluding hydrogens is 572 g/mol. The summed E-state index contributed by atoms with van der Waals surface area (Å²) in [6, 6.07) is 9.13. The second-order valence-corrected chi connectivity index (χ2v) is 15.5. The summed E-state index contributed by atoms with van der Waals surface area (Å²) in [5.41, 5.74) is 4.15. The molecule has 1 aromatic carbocycles. The molecule has 0 radical (unpaired) electrons. The van der Waals surface area contributed by atoms with Crippen LogP contribution >= 0.6 is 11.3 Å². The third-order valence-corrected chi connectivity index (χ3v) is 9.27. The number of nitrogens with one attached hydrogen (secondary N) is 2. The molecule has 1 aliphatic rings. The lowest BCUT2D eigenvalue weighted by molar-refractivity contribution is -0.141. The molecule has 0 bridgehead atoms. The van der Waals surface area contributed by atoms with Gasteiger partial charge in [0.05, 0.1) is 4.88 Å². The molecule has 4 rings (SSSR count). The summed E-state index contributed by atoms with van der Waals surface area (Å²) in [6.45, 7) is 16.7. The number of benzene rings is 1. The van der Waals surface area contributed by atoms with Crippen molar-refractivity contribution >= 4 is 34.7 Å². The van der Waals surface area contributed by atoms with E-state index in [1.807, 2.05) is 42.7 Å². The van der Waals surface area contributed by atoms with Gasteiger partial charge in [0, 0.05) is 34.8 Å². The van der Waals surface area contributed by atoms with Gasteiger partial charge in [0.25, 0.3) is 5.91 Å². The maximum atomic E-state index is 13.1. The molecule has 2 aromatic heterocycles. The van der Waals surface area contributed by atoms with Crippen molar-refractivity contribution < 1.29 is 19.5 Å². The predicted octanol–water partition coefficient (Wildman–Crippen LogP) is 6.66. The number of nitrogens with zero attached hydrogens (tertiary/aromatic N) is 2. The van der Waals surface area contributed by atoms with Gasteiger partial charge in [-0.1, -0.05) is 78.8 Å². The number of carbonyl (C=O) groups is 3. The second-order valence-electron chi connectivity index (χ2n) is 14.4. The molecule has 3 N–H and O–H groups in total. The van der Waals surface area contributed by atoms with Crippen LogP contribution in [0.5, 0.6) is 0 Å². The molecule has 0 fully saturated rings. The third-order valence-electron chi connectivity index (χ3n) is 7.76. The molecule has 0 aliphatic heterocycles. The fraction of sp³-hybridized carbons (Fsp3) is 0.457. The minimum atomic E-state index is -1.15. The van der Waals surface area contributed by atoms with Crippen LogP contribution in [0.1, 0.15) is 93.9 Å². The zero-order valence-corrected chi connectivity index (χ0v) is 27.8. The van der Waals surface area contributed by atoms with Crippen LogP contribution in [-0.2, 0) is 21.4 Å². The van der Waals surface area contributed by atoms with Crippen LogP contribution in [0.3, 0.4) is 0 Å². The summed E-state index contributed by atoms with van der Waals surface area (Å²) in [7, 11) is 0. The predicted molar refractivity (Wildman–Crippen MR) is 175 cm³/mol. The van der Waals surface area contributed by atoms with E-state index in [0.717, 1.165) is 34.4 Å². The van der Waals surface area contributed by atoms with Crippen LogP contribution < -0.4 is 10.6 Å². The van der Waals surface area contributed by atoms with Crippen molar-refractivity contribution in [3.8, 4) is 11.4 Å². The van der Waals surface area contributed by atoms with Crippen molar-refractivity contribution in [1.82, 2.24) is 20.6 Å². The Balaban J connectivity index is 1.50. The van der Waals surface area contributed by atoms with E-state index >= 15 is 0 Å². The molecule has 9 heteroatoms. The first-order chi connectivity index (χ1) is 20.4. The molecule has 1 unspecified atom stereocenters. The Bertz CT molecular complexity index is 1550. The summed E-state index contributed by atoms with van der Waals surface area (Å²) < 4.78 is 0. The minimum Gasteiger partial charge on any atom is -0.480 e. The van der Waals surface area contributed by atoms with Crippen LogP contribution in [0.25, 0.3) is 17.0 Å². The maximum Gasteiger partial charge on any atom is 0.325 e. The topological polar surface area (TPSA) is 121 Å². The summed E-state index contributed by atoms with van der Waals surface area (Å²) >= 11 is 1.38. The lowest BCUT2D eigenvalue weighted by Gasteiger charge is -2.39. The SMILES string of the molecule is C[C@@H](NC(=O)C(Cc1ccc(-c2ncc(C3=CC(C)(C)CC(C)(C)C3)cn2)cc1)NC(=O)c1ccc(C(C)(C)C)s1)C(=O)O. The summed E-state index contributed by atoms with van der Waals surface area (Å²) in [5, 5.41) is 14.6. The van der Waals surface area contributed by atoms with E-state index in [4.69, 9.17) is 0 Å². The Morgan fingerprint density at radius 1 is 0.955 bits per heavy atom. The third kappa shape index (κ3) is 8.40.